The normalized spacial score (nSPS) is 11.2. The van der Waals surface area contributed by atoms with Gasteiger partial charge in [0.15, 0.2) is 17.6 Å². The fraction of sp³-hybridized carbons (Fsp3) is 0.222. The van der Waals surface area contributed by atoms with Crippen LogP contribution < -0.4 is 14.2 Å². The average molecular weight is 311 g/mol. The molecule has 2 aromatic carbocycles. The number of ether oxygens (including phenoxy) is 3. The molecule has 5 heteroatoms. The molecule has 5 nitrogen and oxygen atoms in total. The number of nitrogens with zero attached hydrogens (tertiary/aromatic N) is 1. The molecule has 0 bridgehead atoms. The van der Waals surface area contributed by atoms with E-state index in [1.54, 1.807) is 19.1 Å². The Morgan fingerprint density at radius 2 is 1.96 bits per heavy atom. The molecule has 0 heterocycles. The number of hydrogen-bond donors (Lipinski definition) is 0. The van der Waals surface area contributed by atoms with E-state index < -0.39 is 12.1 Å². The van der Waals surface area contributed by atoms with Crippen LogP contribution in [0.25, 0.3) is 0 Å². The highest BCUT2D eigenvalue weighted by Crippen LogP contribution is 2.28. The second-order valence-electron chi connectivity index (χ2n) is 4.98. The van der Waals surface area contributed by atoms with Gasteiger partial charge in [-0.1, -0.05) is 12.1 Å². The van der Waals surface area contributed by atoms with Crippen LogP contribution in [0.5, 0.6) is 17.2 Å². The first-order valence-corrected chi connectivity index (χ1v) is 7.06. The Balaban J connectivity index is 2.08. The lowest BCUT2D eigenvalue weighted by Gasteiger charge is -2.15. The number of rotatable bonds is 5. The summed E-state index contributed by atoms with van der Waals surface area (Å²) in [6, 6.07) is 14.0. The number of benzene rings is 2. The third-order valence-electron chi connectivity index (χ3n) is 3.14. The van der Waals surface area contributed by atoms with Gasteiger partial charge in [0.05, 0.1) is 18.7 Å². The molecule has 0 unspecified atom stereocenters. The van der Waals surface area contributed by atoms with Crippen molar-refractivity contribution in [1.82, 2.24) is 0 Å². The van der Waals surface area contributed by atoms with Crippen molar-refractivity contribution in [2.45, 2.75) is 20.0 Å². The van der Waals surface area contributed by atoms with E-state index in [-0.39, 0.29) is 5.75 Å². The van der Waals surface area contributed by atoms with Crippen LogP contribution >= 0.6 is 0 Å². The highest BCUT2D eigenvalue weighted by molar-refractivity contribution is 5.78. The number of esters is 1. The Kier molecular flexibility index (Phi) is 5.21. The Bertz CT molecular complexity index is 749. The van der Waals surface area contributed by atoms with Gasteiger partial charge in [-0.05, 0) is 43.7 Å². The molecule has 0 N–H and O–H groups in total. The zero-order valence-corrected chi connectivity index (χ0v) is 13.2. The van der Waals surface area contributed by atoms with Crippen LogP contribution in [-0.4, -0.2) is 19.2 Å². The lowest BCUT2D eigenvalue weighted by molar-refractivity contribution is -0.141. The molecule has 0 aromatic heterocycles. The minimum atomic E-state index is -0.780. The summed E-state index contributed by atoms with van der Waals surface area (Å²) < 4.78 is 16.0. The standard InChI is InChI=1S/C18H17NO4/c1-12-5-4-6-15(9-12)22-13(2)18(20)23-16-8-7-14(11-19)10-17(16)21-3/h4-10,13H,1-3H3/t13-/m1/s1. The first-order valence-electron chi connectivity index (χ1n) is 7.06. The molecular weight excluding hydrogens is 294 g/mol. The van der Waals surface area contributed by atoms with Crippen LogP contribution in [0.15, 0.2) is 42.5 Å². The van der Waals surface area contributed by atoms with Crippen molar-refractivity contribution in [1.29, 1.82) is 5.26 Å². The highest BCUT2D eigenvalue weighted by atomic mass is 16.6. The molecule has 0 saturated carbocycles. The van der Waals surface area contributed by atoms with Gasteiger partial charge in [-0.15, -0.1) is 0 Å². The Hall–Kier alpha value is -3.00. The number of nitriles is 1. The van der Waals surface area contributed by atoms with Crippen molar-refractivity contribution in [2.24, 2.45) is 0 Å². The Morgan fingerprint density at radius 3 is 2.61 bits per heavy atom. The highest BCUT2D eigenvalue weighted by Gasteiger charge is 2.19. The number of carbonyl (C=O) groups is 1. The van der Waals surface area contributed by atoms with Gasteiger partial charge in [0.25, 0.3) is 0 Å². The largest absolute Gasteiger partial charge is 0.493 e. The van der Waals surface area contributed by atoms with Crippen molar-refractivity contribution in [3.63, 3.8) is 0 Å². The average Bonchev–Trinajstić information content (AvgIpc) is 2.55. The van der Waals surface area contributed by atoms with Crippen molar-refractivity contribution in [3.05, 3.63) is 53.6 Å². The molecule has 0 aliphatic rings. The lowest BCUT2D eigenvalue weighted by Crippen LogP contribution is -2.28. The molecule has 0 radical (unpaired) electrons. The molecule has 23 heavy (non-hydrogen) atoms. The SMILES string of the molecule is COc1cc(C#N)ccc1OC(=O)[C@@H](C)Oc1cccc(C)c1. The summed E-state index contributed by atoms with van der Waals surface area (Å²) in [5, 5.41) is 8.87. The first-order chi connectivity index (χ1) is 11.0. The van der Waals surface area contributed by atoms with Crippen molar-refractivity contribution in [2.75, 3.05) is 7.11 Å². The number of carbonyl (C=O) groups excluding carboxylic acids is 1. The predicted molar refractivity (Wildman–Crippen MR) is 84.6 cm³/mol. The molecule has 2 aromatic rings. The van der Waals surface area contributed by atoms with Crippen LogP contribution in [0.3, 0.4) is 0 Å². The summed E-state index contributed by atoms with van der Waals surface area (Å²) in [5.74, 6) is 0.618. The molecule has 2 rings (SSSR count). The Morgan fingerprint density at radius 1 is 1.17 bits per heavy atom. The zero-order valence-electron chi connectivity index (χ0n) is 13.2. The van der Waals surface area contributed by atoms with Gasteiger partial charge < -0.3 is 14.2 Å². The third kappa shape index (κ3) is 4.24. The van der Waals surface area contributed by atoms with Gasteiger partial charge in [0.2, 0.25) is 0 Å². The summed E-state index contributed by atoms with van der Waals surface area (Å²) in [6.07, 6.45) is -0.780. The molecule has 118 valence electrons. The number of hydrogen-bond acceptors (Lipinski definition) is 5. The molecule has 1 atom stereocenters. The second kappa shape index (κ2) is 7.32. The van der Waals surface area contributed by atoms with Crippen LogP contribution in [-0.2, 0) is 4.79 Å². The van der Waals surface area contributed by atoms with Crippen LogP contribution in [0.2, 0.25) is 0 Å². The summed E-state index contributed by atoms with van der Waals surface area (Å²) >= 11 is 0. The van der Waals surface area contributed by atoms with E-state index in [1.165, 1.54) is 19.2 Å². The van der Waals surface area contributed by atoms with Crippen molar-refractivity contribution < 1.29 is 19.0 Å². The van der Waals surface area contributed by atoms with Gasteiger partial charge in [-0.25, -0.2) is 4.79 Å². The van der Waals surface area contributed by atoms with Crippen molar-refractivity contribution in [3.8, 4) is 23.3 Å². The van der Waals surface area contributed by atoms with E-state index in [1.807, 2.05) is 31.2 Å². The van der Waals surface area contributed by atoms with E-state index in [0.29, 0.717) is 17.1 Å². The smallest absolute Gasteiger partial charge is 0.352 e. The number of aryl methyl sites for hydroxylation is 1. The fourth-order valence-electron chi connectivity index (χ4n) is 1.95. The summed E-state index contributed by atoms with van der Waals surface area (Å²) in [7, 11) is 1.44. The maximum Gasteiger partial charge on any atom is 0.352 e. The van der Waals surface area contributed by atoms with Gasteiger partial charge in [-0.3, -0.25) is 0 Å². The zero-order chi connectivity index (χ0) is 16.8. The molecule has 0 fully saturated rings. The summed E-state index contributed by atoms with van der Waals surface area (Å²) in [6.45, 7) is 3.55. The van der Waals surface area contributed by atoms with Gasteiger partial charge >= 0.3 is 5.97 Å². The maximum atomic E-state index is 12.2. The van der Waals surface area contributed by atoms with Crippen LogP contribution in [0.4, 0.5) is 0 Å². The molecule has 0 saturated heterocycles. The molecular formula is C18H17NO4. The second-order valence-corrected chi connectivity index (χ2v) is 4.98. The molecule has 0 aliphatic carbocycles. The van der Waals surface area contributed by atoms with E-state index in [0.717, 1.165) is 5.56 Å². The molecule has 0 amide bonds. The number of methoxy groups -OCH3 is 1. The summed E-state index contributed by atoms with van der Waals surface area (Å²) in [5.41, 5.74) is 1.46. The molecule has 0 aliphatic heterocycles. The minimum absolute atomic E-state index is 0.246. The first kappa shape index (κ1) is 16.4. The lowest BCUT2D eigenvalue weighted by atomic mass is 10.2. The monoisotopic (exact) mass is 311 g/mol. The third-order valence-corrected chi connectivity index (χ3v) is 3.14. The minimum Gasteiger partial charge on any atom is -0.493 e. The van der Waals surface area contributed by atoms with Crippen molar-refractivity contribution >= 4 is 5.97 Å². The van der Waals surface area contributed by atoms with Gasteiger partial charge in [0, 0.05) is 6.07 Å². The molecule has 0 spiro atoms. The van der Waals surface area contributed by atoms with Gasteiger partial charge in [-0.2, -0.15) is 5.26 Å². The van der Waals surface area contributed by atoms with E-state index in [9.17, 15) is 4.79 Å². The predicted octanol–water partition coefficient (Wildman–Crippen LogP) is 3.25. The Labute approximate surface area is 135 Å². The topological polar surface area (TPSA) is 68.5 Å². The van der Waals surface area contributed by atoms with E-state index in [4.69, 9.17) is 19.5 Å². The fourth-order valence-corrected chi connectivity index (χ4v) is 1.95. The van der Waals surface area contributed by atoms with E-state index in [2.05, 4.69) is 0 Å². The van der Waals surface area contributed by atoms with E-state index >= 15 is 0 Å². The quantitative estimate of drug-likeness (QED) is 0.626. The van der Waals surface area contributed by atoms with Crippen LogP contribution in [0, 0.1) is 18.3 Å². The summed E-state index contributed by atoms with van der Waals surface area (Å²) in [4.78, 5) is 12.2. The van der Waals surface area contributed by atoms with Crippen LogP contribution in [0.1, 0.15) is 18.1 Å². The van der Waals surface area contributed by atoms with Gasteiger partial charge in [0.1, 0.15) is 5.75 Å². The maximum absolute atomic E-state index is 12.2.